The van der Waals surface area contributed by atoms with Crippen LogP contribution in [-0.2, 0) is 22.4 Å². The second-order valence-corrected chi connectivity index (χ2v) is 3.97. The first-order chi connectivity index (χ1) is 8.22. The molecule has 0 aliphatic rings. The van der Waals surface area contributed by atoms with Gasteiger partial charge in [0.15, 0.2) is 6.29 Å². The number of pyridine rings is 1. The number of hydrogen-bond acceptors (Lipinski definition) is 4. The van der Waals surface area contributed by atoms with Crippen molar-refractivity contribution in [2.75, 3.05) is 14.2 Å². The predicted molar refractivity (Wildman–Crippen MR) is 67.7 cm³/mol. The molecule has 4 heteroatoms. The van der Waals surface area contributed by atoms with Crippen LogP contribution in [0.2, 0.25) is 0 Å². The SMILES string of the molecule is CCc1cccnc1CNC(C)C(OC)OC. The lowest BCUT2D eigenvalue weighted by Gasteiger charge is -2.22. The zero-order chi connectivity index (χ0) is 12.7. The Labute approximate surface area is 103 Å². The lowest BCUT2D eigenvalue weighted by molar-refractivity contribution is -0.119. The number of nitrogens with one attached hydrogen (secondary N) is 1. The van der Waals surface area contributed by atoms with E-state index in [1.54, 1.807) is 14.2 Å². The van der Waals surface area contributed by atoms with Gasteiger partial charge in [-0.3, -0.25) is 4.98 Å². The van der Waals surface area contributed by atoms with E-state index in [4.69, 9.17) is 9.47 Å². The van der Waals surface area contributed by atoms with Crippen molar-refractivity contribution in [3.8, 4) is 0 Å². The van der Waals surface area contributed by atoms with Crippen LogP contribution in [0.1, 0.15) is 25.1 Å². The number of ether oxygens (including phenoxy) is 2. The molecule has 0 bridgehead atoms. The maximum absolute atomic E-state index is 5.20. The van der Waals surface area contributed by atoms with Crippen LogP contribution in [0, 0.1) is 0 Å². The molecule has 96 valence electrons. The summed E-state index contributed by atoms with van der Waals surface area (Å²) in [6, 6.07) is 4.20. The zero-order valence-electron chi connectivity index (χ0n) is 11.1. The first-order valence-corrected chi connectivity index (χ1v) is 5.94. The third-order valence-corrected chi connectivity index (χ3v) is 2.83. The van der Waals surface area contributed by atoms with Crippen molar-refractivity contribution in [1.29, 1.82) is 0 Å². The van der Waals surface area contributed by atoms with Crippen molar-refractivity contribution < 1.29 is 9.47 Å². The van der Waals surface area contributed by atoms with E-state index >= 15 is 0 Å². The fourth-order valence-corrected chi connectivity index (χ4v) is 1.81. The highest BCUT2D eigenvalue weighted by molar-refractivity contribution is 5.19. The molecule has 0 amide bonds. The monoisotopic (exact) mass is 238 g/mol. The van der Waals surface area contributed by atoms with E-state index in [1.807, 2.05) is 19.2 Å². The molecule has 1 aromatic heterocycles. The Morgan fingerprint density at radius 2 is 2.06 bits per heavy atom. The van der Waals surface area contributed by atoms with Crippen LogP contribution in [0.5, 0.6) is 0 Å². The molecule has 0 aromatic carbocycles. The minimum atomic E-state index is -0.233. The van der Waals surface area contributed by atoms with Crippen molar-refractivity contribution in [2.24, 2.45) is 0 Å². The van der Waals surface area contributed by atoms with Crippen LogP contribution < -0.4 is 5.32 Å². The van der Waals surface area contributed by atoms with E-state index in [9.17, 15) is 0 Å². The summed E-state index contributed by atoms with van der Waals surface area (Å²) >= 11 is 0. The highest BCUT2D eigenvalue weighted by Crippen LogP contribution is 2.07. The molecule has 17 heavy (non-hydrogen) atoms. The van der Waals surface area contributed by atoms with E-state index in [0.717, 1.165) is 18.7 Å². The predicted octanol–water partition coefficient (Wildman–Crippen LogP) is 1.74. The number of methoxy groups -OCH3 is 2. The lowest BCUT2D eigenvalue weighted by atomic mass is 10.1. The molecule has 1 N–H and O–H groups in total. The summed E-state index contributed by atoms with van der Waals surface area (Å²) in [5.41, 5.74) is 2.37. The quantitative estimate of drug-likeness (QED) is 0.735. The Morgan fingerprint density at radius 3 is 2.65 bits per heavy atom. The molecule has 0 radical (unpaired) electrons. The van der Waals surface area contributed by atoms with E-state index in [2.05, 4.69) is 23.3 Å². The van der Waals surface area contributed by atoms with Gasteiger partial charge in [0.1, 0.15) is 0 Å². The largest absolute Gasteiger partial charge is 0.354 e. The van der Waals surface area contributed by atoms with Gasteiger partial charge in [0, 0.05) is 27.0 Å². The topological polar surface area (TPSA) is 43.4 Å². The second kappa shape index (κ2) is 7.37. The fourth-order valence-electron chi connectivity index (χ4n) is 1.81. The molecule has 0 saturated carbocycles. The van der Waals surface area contributed by atoms with E-state index in [1.165, 1.54) is 5.56 Å². The van der Waals surface area contributed by atoms with Crippen LogP contribution in [0.3, 0.4) is 0 Å². The van der Waals surface area contributed by atoms with Gasteiger partial charge in [-0.1, -0.05) is 13.0 Å². The molecule has 4 nitrogen and oxygen atoms in total. The van der Waals surface area contributed by atoms with Crippen molar-refractivity contribution in [2.45, 2.75) is 39.1 Å². The molecule has 0 spiro atoms. The molecule has 0 saturated heterocycles. The third-order valence-electron chi connectivity index (χ3n) is 2.83. The maximum Gasteiger partial charge on any atom is 0.171 e. The van der Waals surface area contributed by atoms with Gasteiger partial charge in [0.25, 0.3) is 0 Å². The minimum Gasteiger partial charge on any atom is -0.354 e. The number of aryl methyl sites for hydroxylation is 1. The van der Waals surface area contributed by atoms with Crippen molar-refractivity contribution >= 4 is 0 Å². The van der Waals surface area contributed by atoms with Crippen LogP contribution in [0.25, 0.3) is 0 Å². The van der Waals surface area contributed by atoms with Crippen molar-refractivity contribution in [3.63, 3.8) is 0 Å². The molecular formula is C13H22N2O2. The normalized spacial score (nSPS) is 13.0. The maximum atomic E-state index is 5.20. The van der Waals surface area contributed by atoms with E-state index < -0.39 is 0 Å². The summed E-state index contributed by atoms with van der Waals surface area (Å²) in [4.78, 5) is 4.39. The molecule has 1 aromatic rings. The summed E-state index contributed by atoms with van der Waals surface area (Å²) in [5, 5.41) is 3.36. The molecule has 1 heterocycles. The molecule has 1 atom stereocenters. The molecule has 0 aliphatic heterocycles. The van der Waals surface area contributed by atoms with Crippen molar-refractivity contribution in [3.05, 3.63) is 29.6 Å². The van der Waals surface area contributed by atoms with Crippen LogP contribution in [-0.4, -0.2) is 31.5 Å². The number of rotatable bonds is 7. The highest BCUT2D eigenvalue weighted by Gasteiger charge is 2.15. The van der Waals surface area contributed by atoms with Gasteiger partial charge >= 0.3 is 0 Å². The highest BCUT2D eigenvalue weighted by atomic mass is 16.7. The minimum absolute atomic E-state index is 0.122. The standard InChI is InChI=1S/C13H22N2O2/c1-5-11-7-6-8-14-12(11)9-15-10(2)13(16-3)17-4/h6-8,10,13,15H,5,9H2,1-4H3. The van der Waals surface area contributed by atoms with Crippen LogP contribution in [0.4, 0.5) is 0 Å². The summed E-state index contributed by atoms with van der Waals surface area (Å²) in [5.74, 6) is 0. The summed E-state index contributed by atoms with van der Waals surface area (Å²) < 4.78 is 10.4. The first-order valence-electron chi connectivity index (χ1n) is 5.94. The van der Waals surface area contributed by atoms with Crippen LogP contribution in [0.15, 0.2) is 18.3 Å². The molecule has 1 rings (SSSR count). The Balaban J connectivity index is 2.54. The van der Waals surface area contributed by atoms with Gasteiger partial charge in [-0.15, -0.1) is 0 Å². The Kier molecular flexibility index (Phi) is 6.11. The fraction of sp³-hybridized carbons (Fsp3) is 0.615. The number of aromatic nitrogens is 1. The van der Waals surface area contributed by atoms with E-state index in [0.29, 0.717) is 0 Å². The van der Waals surface area contributed by atoms with Gasteiger partial charge in [-0.2, -0.15) is 0 Å². The average molecular weight is 238 g/mol. The summed E-state index contributed by atoms with van der Waals surface area (Å²) in [6.45, 7) is 4.90. The molecule has 1 unspecified atom stereocenters. The summed E-state index contributed by atoms with van der Waals surface area (Å²) in [7, 11) is 3.29. The zero-order valence-corrected chi connectivity index (χ0v) is 11.1. The van der Waals surface area contributed by atoms with Gasteiger partial charge < -0.3 is 14.8 Å². The van der Waals surface area contributed by atoms with Crippen molar-refractivity contribution in [1.82, 2.24) is 10.3 Å². The Hall–Kier alpha value is -0.970. The van der Waals surface area contributed by atoms with Crippen LogP contribution >= 0.6 is 0 Å². The Bertz CT molecular complexity index is 327. The van der Waals surface area contributed by atoms with Gasteiger partial charge in [-0.05, 0) is 25.0 Å². The van der Waals surface area contributed by atoms with E-state index in [-0.39, 0.29) is 12.3 Å². The van der Waals surface area contributed by atoms with Gasteiger partial charge in [0.2, 0.25) is 0 Å². The lowest BCUT2D eigenvalue weighted by Crippen LogP contribution is -2.39. The number of nitrogens with zero attached hydrogens (tertiary/aromatic N) is 1. The smallest absolute Gasteiger partial charge is 0.171 e. The Morgan fingerprint density at radius 1 is 1.35 bits per heavy atom. The summed E-state index contributed by atoms with van der Waals surface area (Å²) in [6.07, 6.45) is 2.59. The third kappa shape index (κ3) is 4.07. The molecule has 0 fully saturated rings. The van der Waals surface area contributed by atoms with Gasteiger partial charge in [-0.25, -0.2) is 0 Å². The van der Waals surface area contributed by atoms with Gasteiger partial charge in [0.05, 0.1) is 11.7 Å². The molecule has 0 aliphatic carbocycles. The first kappa shape index (κ1) is 14.1. The molecular weight excluding hydrogens is 216 g/mol. The number of hydrogen-bond donors (Lipinski definition) is 1. The second-order valence-electron chi connectivity index (χ2n) is 3.97. The average Bonchev–Trinajstić information content (AvgIpc) is 2.38.